The van der Waals surface area contributed by atoms with Crippen LogP contribution >= 0.6 is 0 Å². The Hall–Kier alpha value is -1.68. The molecule has 0 aliphatic rings. The van der Waals surface area contributed by atoms with Gasteiger partial charge in [0.15, 0.2) is 0 Å². The molecule has 0 saturated carbocycles. The van der Waals surface area contributed by atoms with Crippen molar-refractivity contribution in [3.05, 3.63) is 52.6 Å². The van der Waals surface area contributed by atoms with Crippen molar-refractivity contribution in [2.75, 3.05) is 0 Å². The summed E-state index contributed by atoms with van der Waals surface area (Å²) in [4.78, 5) is 0. The zero-order valence-corrected chi connectivity index (χ0v) is 10.2. The van der Waals surface area contributed by atoms with Crippen LogP contribution in [0.3, 0.4) is 0 Å². The maximum atomic E-state index is 13.0. The third-order valence-corrected chi connectivity index (χ3v) is 2.92. The van der Waals surface area contributed by atoms with E-state index in [0.29, 0.717) is 0 Å². The van der Waals surface area contributed by atoms with Crippen LogP contribution in [0.2, 0.25) is 0 Å². The van der Waals surface area contributed by atoms with Gasteiger partial charge in [-0.1, -0.05) is 6.07 Å². The molecule has 17 heavy (non-hydrogen) atoms. The summed E-state index contributed by atoms with van der Waals surface area (Å²) in [6.45, 7) is 3.79. The number of aryl methyl sites for hydroxylation is 3. The van der Waals surface area contributed by atoms with Gasteiger partial charge in [-0.25, -0.2) is 4.39 Å². The van der Waals surface area contributed by atoms with E-state index in [1.165, 1.54) is 12.1 Å². The molecule has 0 bridgehead atoms. The lowest BCUT2D eigenvalue weighted by Gasteiger charge is -2.15. The first kappa shape index (κ1) is 11.8. The van der Waals surface area contributed by atoms with Gasteiger partial charge in [-0.3, -0.25) is 4.68 Å². The molecule has 90 valence electrons. The lowest BCUT2D eigenvalue weighted by Crippen LogP contribution is -2.17. The van der Waals surface area contributed by atoms with Crippen molar-refractivity contribution in [1.82, 2.24) is 9.78 Å². The summed E-state index contributed by atoms with van der Waals surface area (Å²) in [5.41, 5.74) is 9.84. The minimum Gasteiger partial charge on any atom is -0.319 e. The molecule has 0 aliphatic carbocycles. The van der Waals surface area contributed by atoms with Crippen molar-refractivity contribution in [2.24, 2.45) is 12.8 Å². The van der Waals surface area contributed by atoms with Crippen molar-refractivity contribution in [3.8, 4) is 0 Å². The van der Waals surface area contributed by atoms with Gasteiger partial charge in [0.05, 0.1) is 17.4 Å². The molecule has 1 heterocycles. The molecule has 0 saturated heterocycles. The molecule has 2 N–H and O–H groups in total. The molecule has 3 nitrogen and oxygen atoms in total. The molecule has 2 rings (SSSR count). The van der Waals surface area contributed by atoms with Crippen molar-refractivity contribution < 1.29 is 4.39 Å². The van der Waals surface area contributed by atoms with Crippen LogP contribution in [0.5, 0.6) is 0 Å². The molecule has 1 aromatic carbocycles. The highest BCUT2D eigenvalue weighted by molar-refractivity contribution is 5.34. The average Bonchev–Trinajstić information content (AvgIpc) is 2.57. The zero-order valence-electron chi connectivity index (χ0n) is 10.2. The van der Waals surface area contributed by atoms with Gasteiger partial charge < -0.3 is 5.73 Å². The normalized spacial score (nSPS) is 12.8. The van der Waals surface area contributed by atoms with Gasteiger partial charge in [0.1, 0.15) is 5.82 Å². The largest absolute Gasteiger partial charge is 0.319 e. The summed E-state index contributed by atoms with van der Waals surface area (Å²) in [5, 5.41) is 4.27. The van der Waals surface area contributed by atoms with E-state index < -0.39 is 0 Å². The summed E-state index contributed by atoms with van der Waals surface area (Å²) in [5.74, 6) is -0.236. The van der Waals surface area contributed by atoms with Crippen LogP contribution < -0.4 is 5.73 Å². The molecule has 1 unspecified atom stereocenters. The molecule has 0 radical (unpaired) electrons. The summed E-state index contributed by atoms with van der Waals surface area (Å²) in [7, 11) is 1.86. The molecule has 2 aromatic rings. The molecule has 1 atom stereocenters. The summed E-state index contributed by atoms with van der Waals surface area (Å²) >= 11 is 0. The number of nitrogens with zero attached hydrogens (tertiary/aromatic N) is 2. The van der Waals surface area contributed by atoms with E-state index in [1.807, 2.05) is 27.0 Å². The van der Waals surface area contributed by atoms with Crippen LogP contribution in [0.25, 0.3) is 0 Å². The lowest BCUT2D eigenvalue weighted by molar-refractivity contribution is 0.622. The van der Waals surface area contributed by atoms with Crippen LogP contribution in [0.1, 0.15) is 28.6 Å². The number of benzene rings is 1. The third kappa shape index (κ3) is 2.22. The minimum absolute atomic E-state index is 0.236. The van der Waals surface area contributed by atoms with Gasteiger partial charge in [0.2, 0.25) is 0 Å². The SMILES string of the molecule is Cc1cc(C(N)c2ccc(F)cc2C)n(C)n1. The summed E-state index contributed by atoms with van der Waals surface area (Å²) in [6, 6.07) is 6.34. The Balaban J connectivity index is 2.43. The Morgan fingerprint density at radius 3 is 2.53 bits per heavy atom. The average molecular weight is 233 g/mol. The molecular formula is C13H16FN3. The van der Waals surface area contributed by atoms with Gasteiger partial charge in [-0.2, -0.15) is 5.10 Å². The van der Waals surface area contributed by atoms with Crippen molar-refractivity contribution in [3.63, 3.8) is 0 Å². The maximum Gasteiger partial charge on any atom is 0.123 e. The molecule has 0 spiro atoms. The fourth-order valence-corrected chi connectivity index (χ4v) is 2.07. The van der Waals surface area contributed by atoms with E-state index in [9.17, 15) is 4.39 Å². The predicted octanol–water partition coefficient (Wildman–Crippen LogP) is 2.22. The monoisotopic (exact) mass is 233 g/mol. The second kappa shape index (κ2) is 4.30. The Morgan fingerprint density at radius 2 is 2.00 bits per heavy atom. The first-order chi connectivity index (χ1) is 7.99. The van der Waals surface area contributed by atoms with Crippen LogP contribution in [-0.4, -0.2) is 9.78 Å². The van der Waals surface area contributed by atoms with Crippen LogP contribution in [0.4, 0.5) is 4.39 Å². The van der Waals surface area contributed by atoms with Gasteiger partial charge in [0.25, 0.3) is 0 Å². The van der Waals surface area contributed by atoms with Gasteiger partial charge in [-0.15, -0.1) is 0 Å². The molecule has 1 aromatic heterocycles. The van der Waals surface area contributed by atoms with Crippen molar-refractivity contribution in [1.29, 1.82) is 0 Å². The predicted molar refractivity (Wildman–Crippen MR) is 65.1 cm³/mol. The standard InChI is InChI=1S/C13H16FN3/c1-8-6-10(14)4-5-11(8)13(15)12-7-9(2)16-17(12)3/h4-7,13H,15H2,1-3H3. The second-order valence-corrected chi connectivity index (χ2v) is 4.31. The van der Waals surface area contributed by atoms with E-state index in [4.69, 9.17) is 5.73 Å². The van der Waals surface area contributed by atoms with E-state index >= 15 is 0 Å². The first-order valence-electron chi connectivity index (χ1n) is 5.51. The topological polar surface area (TPSA) is 43.8 Å². The highest BCUT2D eigenvalue weighted by Gasteiger charge is 2.15. The summed E-state index contributed by atoms with van der Waals surface area (Å²) in [6.07, 6.45) is 0. The third-order valence-electron chi connectivity index (χ3n) is 2.92. The van der Waals surface area contributed by atoms with Gasteiger partial charge >= 0.3 is 0 Å². The number of hydrogen-bond acceptors (Lipinski definition) is 2. The lowest BCUT2D eigenvalue weighted by atomic mass is 9.99. The van der Waals surface area contributed by atoms with E-state index in [1.54, 1.807) is 10.7 Å². The van der Waals surface area contributed by atoms with Gasteiger partial charge in [-0.05, 0) is 43.2 Å². The minimum atomic E-state index is -0.276. The fraction of sp³-hybridized carbons (Fsp3) is 0.308. The van der Waals surface area contributed by atoms with Crippen LogP contribution in [0.15, 0.2) is 24.3 Å². The van der Waals surface area contributed by atoms with Crippen molar-refractivity contribution in [2.45, 2.75) is 19.9 Å². The Morgan fingerprint density at radius 1 is 1.29 bits per heavy atom. The summed E-state index contributed by atoms with van der Waals surface area (Å²) < 4.78 is 14.8. The van der Waals surface area contributed by atoms with Gasteiger partial charge in [0, 0.05) is 7.05 Å². The van der Waals surface area contributed by atoms with E-state index in [0.717, 1.165) is 22.5 Å². The number of rotatable bonds is 2. The molecule has 0 aliphatic heterocycles. The molecule has 4 heteroatoms. The Kier molecular flexibility index (Phi) is 2.98. The quantitative estimate of drug-likeness (QED) is 0.864. The smallest absolute Gasteiger partial charge is 0.123 e. The number of nitrogens with two attached hydrogens (primary N) is 1. The number of hydrogen-bond donors (Lipinski definition) is 1. The van der Waals surface area contributed by atoms with Crippen molar-refractivity contribution >= 4 is 0 Å². The molecular weight excluding hydrogens is 217 g/mol. The van der Waals surface area contributed by atoms with E-state index in [-0.39, 0.29) is 11.9 Å². The van der Waals surface area contributed by atoms with Crippen LogP contribution in [-0.2, 0) is 7.05 Å². The highest BCUT2D eigenvalue weighted by Crippen LogP contribution is 2.23. The molecule has 0 amide bonds. The zero-order chi connectivity index (χ0) is 12.6. The first-order valence-corrected chi connectivity index (χ1v) is 5.51. The Labute approximate surface area is 100 Å². The number of aromatic nitrogens is 2. The fourth-order valence-electron chi connectivity index (χ4n) is 2.07. The molecule has 0 fully saturated rings. The Bertz CT molecular complexity index is 546. The maximum absolute atomic E-state index is 13.0. The number of halogens is 1. The van der Waals surface area contributed by atoms with E-state index in [2.05, 4.69) is 5.10 Å². The second-order valence-electron chi connectivity index (χ2n) is 4.31. The van der Waals surface area contributed by atoms with Crippen LogP contribution in [0, 0.1) is 19.7 Å². The highest BCUT2D eigenvalue weighted by atomic mass is 19.1.